The van der Waals surface area contributed by atoms with Gasteiger partial charge in [-0.25, -0.2) is 0 Å². The fourth-order valence-corrected chi connectivity index (χ4v) is 2.65. The van der Waals surface area contributed by atoms with Crippen molar-refractivity contribution in [2.24, 2.45) is 0 Å². The Labute approximate surface area is 108 Å². The molecule has 1 fully saturated rings. The predicted molar refractivity (Wildman–Crippen MR) is 73.6 cm³/mol. The molecular formula is C14H21NOS. The Morgan fingerprint density at radius 2 is 2.24 bits per heavy atom. The van der Waals surface area contributed by atoms with Crippen molar-refractivity contribution in [2.75, 3.05) is 19.5 Å². The summed E-state index contributed by atoms with van der Waals surface area (Å²) in [5.41, 5.74) is 2.81. The predicted octanol–water partition coefficient (Wildman–Crippen LogP) is 2.99. The molecule has 0 heterocycles. The van der Waals surface area contributed by atoms with Crippen molar-refractivity contribution in [1.82, 2.24) is 5.32 Å². The lowest BCUT2D eigenvalue weighted by molar-refractivity contribution is 0.218. The minimum atomic E-state index is 0.783. The first-order valence-corrected chi connectivity index (χ1v) is 7.23. The molecule has 1 saturated carbocycles. The number of aryl methyl sites for hydroxylation is 1. The molecule has 2 nitrogen and oxygen atoms in total. The minimum absolute atomic E-state index is 0.783. The summed E-state index contributed by atoms with van der Waals surface area (Å²) in [5.74, 6) is 1.02. The Morgan fingerprint density at radius 1 is 1.41 bits per heavy atom. The zero-order chi connectivity index (χ0) is 12.1. The number of ether oxygens (including phenoxy) is 1. The Morgan fingerprint density at radius 3 is 2.88 bits per heavy atom. The number of nitrogens with one attached hydrogen (secondary N) is 1. The van der Waals surface area contributed by atoms with Gasteiger partial charge < -0.3 is 10.1 Å². The van der Waals surface area contributed by atoms with Crippen LogP contribution in [0.4, 0.5) is 0 Å². The summed E-state index contributed by atoms with van der Waals surface area (Å²) >= 11 is 1.86. The summed E-state index contributed by atoms with van der Waals surface area (Å²) < 4.78 is 5.06. The molecule has 3 heteroatoms. The number of hydrogen-bond acceptors (Lipinski definition) is 3. The summed E-state index contributed by atoms with van der Waals surface area (Å²) in [6, 6.07) is 7.53. The fraction of sp³-hybridized carbons (Fsp3) is 0.571. The maximum absolute atomic E-state index is 5.06. The van der Waals surface area contributed by atoms with Gasteiger partial charge in [0, 0.05) is 30.3 Å². The van der Waals surface area contributed by atoms with E-state index in [-0.39, 0.29) is 0 Å². The second-order valence-corrected chi connectivity index (χ2v) is 5.75. The summed E-state index contributed by atoms with van der Waals surface area (Å²) in [5, 5.41) is 3.56. The largest absolute Gasteiger partial charge is 0.384 e. The van der Waals surface area contributed by atoms with Crippen LogP contribution in [-0.4, -0.2) is 25.5 Å². The van der Waals surface area contributed by atoms with Gasteiger partial charge in [0.25, 0.3) is 0 Å². The summed E-state index contributed by atoms with van der Waals surface area (Å²) in [4.78, 5) is 1.34. The van der Waals surface area contributed by atoms with Crippen molar-refractivity contribution >= 4 is 11.8 Å². The molecule has 0 radical (unpaired) electrons. The zero-order valence-corrected chi connectivity index (χ0v) is 11.5. The molecule has 1 N–H and O–H groups in total. The number of rotatable bonds is 7. The van der Waals surface area contributed by atoms with E-state index in [0.717, 1.165) is 24.9 Å². The second-order valence-electron chi connectivity index (χ2n) is 4.58. The van der Waals surface area contributed by atoms with Crippen LogP contribution in [0, 0.1) is 6.92 Å². The van der Waals surface area contributed by atoms with Crippen LogP contribution in [0.1, 0.15) is 24.0 Å². The highest BCUT2D eigenvalue weighted by atomic mass is 32.2. The number of thioether (sulfide) groups is 1. The minimum Gasteiger partial charge on any atom is -0.384 e. The smallest absolute Gasteiger partial charge is 0.0556 e. The third-order valence-electron chi connectivity index (χ3n) is 3.03. The lowest BCUT2D eigenvalue weighted by Crippen LogP contribution is -2.15. The maximum Gasteiger partial charge on any atom is 0.0556 e. The molecule has 1 aliphatic carbocycles. The molecular weight excluding hydrogens is 230 g/mol. The van der Waals surface area contributed by atoms with Gasteiger partial charge in [-0.1, -0.05) is 6.07 Å². The van der Waals surface area contributed by atoms with Crippen LogP contribution in [0.2, 0.25) is 0 Å². The monoisotopic (exact) mass is 251 g/mol. The standard InChI is InChI=1S/C14H21NOS/c1-11-9-14(17-8-7-16-2)6-3-12(11)10-15-13-4-5-13/h3,6,9,13,15H,4-5,7-8,10H2,1-2H3. The van der Waals surface area contributed by atoms with Gasteiger partial charge >= 0.3 is 0 Å². The molecule has 0 bridgehead atoms. The quantitative estimate of drug-likeness (QED) is 0.594. The van der Waals surface area contributed by atoms with Crippen molar-refractivity contribution in [3.8, 4) is 0 Å². The van der Waals surface area contributed by atoms with Gasteiger partial charge in [0.05, 0.1) is 6.61 Å². The van der Waals surface area contributed by atoms with E-state index in [2.05, 4.69) is 30.4 Å². The Hall–Kier alpha value is -0.510. The van der Waals surface area contributed by atoms with Crippen molar-refractivity contribution < 1.29 is 4.74 Å². The van der Waals surface area contributed by atoms with E-state index in [1.807, 2.05) is 11.8 Å². The number of methoxy groups -OCH3 is 1. The van der Waals surface area contributed by atoms with Gasteiger partial charge in [0.15, 0.2) is 0 Å². The van der Waals surface area contributed by atoms with Gasteiger partial charge in [-0.3, -0.25) is 0 Å². The number of hydrogen-bond donors (Lipinski definition) is 1. The highest BCUT2D eigenvalue weighted by Crippen LogP contribution is 2.23. The first-order chi connectivity index (χ1) is 8.29. The average Bonchev–Trinajstić information content (AvgIpc) is 3.12. The zero-order valence-electron chi connectivity index (χ0n) is 10.7. The topological polar surface area (TPSA) is 21.3 Å². The van der Waals surface area contributed by atoms with Gasteiger partial charge in [0.1, 0.15) is 0 Å². The van der Waals surface area contributed by atoms with Crippen LogP contribution < -0.4 is 5.32 Å². The number of benzene rings is 1. The highest BCUT2D eigenvalue weighted by molar-refractivity contribution is 7.99. The lowest BCUT2D eigenvalue weighted by atomic mass is 10.1. The summed E-state index contributed by atoms with van der Waals surface area (Å²) in [6.07, 6.45) is 2.70. The van der Waals surface area contributed by atoms with E-state index in [1.165, 1.54) is 28.9 Å². The lowest BCUT2D eigenvalue weighted by Gasteiger charge is -2.09. The van der Waals surface area contributed by atoms with Gasteiger partial charge in [-0.2, -0.15) is 0 Å². The summed E-state index contributed by atoms with van der Waals surface area (Å²) in [6.45, 7) is 4.03. The first-order valence-electron chi connectivity index (χ1n) is 6.24. The van der Waals surface area contributed by atoms with E-state index in [0.29, 0.717) is 0 Å². The van der Waals surface area contributed by atoms with Crippen LogP contribution >= 0.6 is 11.8 Å². The van der Waals surface area contributed by atoms with Gasteiger partial charge in [0.2, 0.25) is 0 Å². The molecule has 2 rings (SSSR count). The Kier molecular flexibility index (Phi) is 4.89. The Bertz CT molecular complexity index is 363. The SMILES string of the molecule is COCCSc1ccc(CNC2CC2)c(C)c1. The van der Waals surface area contributed by atoms with E-state index >= 15 is 0 Å². The average molecular weight is 251 g/mol. The molecule has 0 aliphatic heterocycles. The van der Waals surface area contributed by atoms with Crippen LogP contribution in [0.15, 0.2) is 23.1 Å². The van der Waals surface area contributed by atoms with Gasteiger partial charge in [-0.15, -0.1) is 11.8 Å². The molecule has 1 aliphatic rings. The van der Waals surface area contributed by atoms with Crippen molar-refractivity contribution in [1.29, 1.82) is 0 Å². The Balaban J connectivity index is 1.85. The van der Waals surface area contributed by atoms with Crippen molar-refractivity contribution in [2.45, 2.75) is 37.2 Å². The van der Waals surface area contributed by atoms with Gasteiger partial charge in [-0.05, 0) is 43.0 Å². The van der Waals surface area contributed by atoms with Crippen molar-refractivity contribution in [3.05, 3.63) is 29.3 Å². The van der Waals surface area contributed by atoms with E-state index in [9.17, 15) is 0 Å². The molecule has 94 valence electrons. The summed E-state index contributed by atoms with van der Waals surface area (Å²) in [7, 11) is 1.75. The van der Waals surface area contributed by atoms with Crippen molar-refractivity contribution in [3.63, 3.8) is 0 Å². The third-order valence-corrected chi connectivity index (χ3v) is 3.99. The van der Waals surface area contributed by atoms with Crippen LogP contribution in [0.5, 0.6) is 0 Å². The van der Waals surface area contributed by atoms with E-state index in [1.54, 1.807) is 7.11 Å². The molecule has 17 heavy (non-hydrogen) atoms. The third kappa shape index (κ3) is 4.34. The first kappa shape index (κ1) is 12.9. The molecule has 0 aromatic heterocycles. The van der Waals surface area contributed by atoms with E-state index in [4.69, 9.17) is 4.74 Å². The molecule has 0 unspecified atom stereocenters. The normalized spacial score (nSPS) is 15.2. The van der Waals surface area contributed by atoms with Crippen LogP contribution in [0.25, 0.3) is 0 Å². The highest BCUT2D eigenvalue weighted by Gasteiger charge is 2.20. The molecule has 0 spiro atoms. The van der Waals surface area contributed by atoms with E-state index < -0.39 is 0 Å². The molecule has 0 amide bonds. The molecule has 1 aromatic carbocycles. The second kappa shape index (κ2) is 6.43. The maximum atomic E-state index is 5.06. The van der Waals surface area contributed by atoms with Crippen LogP contribution in [-0.2, 0) is 11.3 Å². The molecule has 1 aromatic rings. The molecule has 0 saturated heterocycles. The fourth-order valence-electron chi connectivity index (χ4n) is 1.74. The molecule has 0 atom stereocenters. The van der Waals surface area contributed by atoms with Crippen LogP contribution in [0.3, 0.4) is 0 Å².